The van der Waals surface area contributed by atoms with E-state index in [0.29, 0.717) is 12.8 Å². The standard InChI is InChI=1S/C37H37N3O6S2/c1-44-34(42)31(19-24-7-3-2-4-8-24)39-36(43)38-21-25-11-17-28(18-12-25)35-45-29(20-32(46-35)27-15-13-26(22-41)14-16-27)23-47-37-40-30-9-5-6-10-33(30)48-37/h2-18,29,31-32,35,41H,19-23H2,1H3,(H2,38,39,43)/t29-,31+,32+,35+/m1/s1. The molecule has 1 aliphatic rings. The number of para-hydroxylation sites is 1. The Morgan fingerprint density at radius 2 is 1.62 bits per heavy atom. The predicted molar refractivity (Wildman–Crippen MR) is 187 cm³/mol. The largest absolute Gasteiger partial charge is 0.467 e. The zero-order valence-electron chi connectivity index (χ0n) is 26.4. The van der Waals surface area contributed by atoms with Gasteiger partial charge in [-0.3, -0.25) is 0 Å². The van der Waals surface area contributed by atoms with Crippen molar-refractivity contribution >= 4 is 45.3 Å². The van der Waals surface area contributed by atoms with Gasteiger partial charge in [-0.1, -0.05) is 103 Å². The fraction of sp³-hybridized carbons (Fsp3) is 0.270. The van der Waals surface area contributed by atoms with Crippen LogP contribution in [0.2, 0.25) is 0 Å². The van der Waals surface area contributed by atoms with Crippen LogP contribution in [0.3, 0.4) is 0 Å². The Hall–Kier alpha value is -4.26. The van der Waals surface area contributed by atoms with Gasteiger partial charge < -0.3 is 30.0 Å². The average Bonchev–Trinajstić information content (AvgIpc) is 3.56. The fourth-order valence-corrected chi connectivity index (χ4v) is 7.58. The molecule has 6 rings (SSSR count). The van der Waals surface area contributed by atoms with Gasteiger partial charge in [-0.25, -0.2) is 14.6 Å². The number of aromatic nitrogens is 1. The third kappa shape index (κ3) is 8.80. The van der Waals surface area contributed by atoms with E-state index in [0.717, 1.165) is 48.1 Å². The summed E-state index contributed by atoms with van der Waals surface area (Å²) in [5, 5.41) is 15.1. The molecular formula is C37H37N3O6S2. The molecule has 0 saturated carbocycles. The first-order valence-electron chi connectivity index (χ1n) is 15.7. The molecule has 0 unspecified atom stereocenters. The number of hydrogen-bond acceptors (Lipinski definition) is 9. The van der Waals surface area contributed by atoms with Gasteiger partial charge in [-0.05, 0) is 34.4 Å². The topological polar surface area (TPSA) is 119 Å². The van der Waals surface area contributed by atoms with Crippen molar-refractivity contribution in [3.63, 3.8) is 0 Å². The van der Waals surface area contributed by atoms with Gasteiger partial charge in [0, 0.05) is 30.7 Å². The lowest BCUT2D eigenvalue weighted by atomic mass is 10.0. The number of carbonyl (C=O) groups is 2. The molecule has 48 heavy (non-hydrogen) atoms. The molecule has 3 N–H and O–H groups in total. The number of methoxy groups -OCH3 is 1. The molecule has 1 aliphatic heterocycles. The number of aliphatic hydroxyl groups excluding tert-OH is 1. The summed E-state index contributed by atoms with van der Waals surface area (Å²) in [6.07, 6.45) is 0.129. The molecule has 1 aromatic heterocycles. The van der Waals surface area contributed by atoms with E-state index >= 15 is 0 Å². The summed E-state index contributed by atoms with van der Waals surface area (Å²) in [4.78, 5) is 29.8. The monoisotopic (exact) mass is 683 g/mol. The van der Waals surface area contributed by atoms with E-state index < -0.39 is 24.3 Å². The number of amides is 2. The molecule has 248 valence electrons. The minimum absolute atomic E-state index is 0.0125. The van der Waals surface area contributed by atoms with Crippen molar-refractivity contribution in [1.82, 2.24) is 15.6 Å². The second-order valence-corrected chi connectivity index (χ2v) is 13.7. The average molecular weight is 684 g/mol. The Kier molecular flexibility index (Phi) is 11.4. The van der Waals surface area contributed by atoms with Crippen LogP contribution in [0.1, 0.15) is 46.6 Å². The Balaban J connectivity index is 1.09. The van der Waals surface area contributed by atoms with Crippen molar-refractivity contribution in [2.24, 2.45) is 0 Å². The number of hydrogen-bond donors (Lipinski definition) is 3. The van der Waals surface area contributed by atoms with E-state index in [4.69, 9.17) is 19.2 Å². The Morgan fingerprint density at radius 3 is 2.35 bits per heavy atom. The van der Waals surface area contributed by atoms with Crippen molar-refractivity contribution < 1.29 is 28.9 Å². The molecule has 1 saturated heterocycles. The molecule has 11 heteroatoms. The number of nitrogens with zero attached hydrogens (tertiary/aromatic N) is 1. The van der Waals surface area contributed by atoms with Crippen LogP contribution in [0.5, 0.6) is 0 Å². The van der Waals surface area contributed by atoms with Crippen molar-refractivity contribution in [1.29, 1.82) is 0 Å². The molecule has 0 aliphatic carbocycles. The summed E-state index contributed by atoms with van der Waals surface area (Å²) < 4.78 is 20.1. The lowest BCUT2D eigenvalue weighted by molar-refractivity contribution is -0.245. The van der Waals surface area contributed by atoms with Crippen LogP contribution in [-0.2, 0) is 38.6 Å². The van der Waals surface area contributed by atoms with Crippen molar-refractivity contribution in [2.45, 2.75) is 54.9 Å². The number of fused-ring (bicyclic) bond motifs is 1. The Labute approximate surface area is 287 Å². The van der Waals surface area contributed by atoms with Crippen LogP contribution in [0.15, 0.2) is 107 Å². The number of ether oxygens (including phenoxy) is 3. The molecule has 2 amide bonds. The third-order valence-corrected chi connectivity index (χ3v) is 10.4. The Morgan fingerprint density at radius 1 is 0.917 bits per heavy atom. The van der Waals surface area contributed by atoms with E-state index in [-0.39, 0.29) is 25.4 Å². The molecule has 0 radical (unpaired) electrons. The third-order valence-electron chi connectivity index (χ3n) is 8.06. The number of urea groups is 1. The van der Waals surface area contributed by atoms with E-state index in [1.165, 1.54) is 7.11 Å². The quantitative estimate of drug-likeness (QED) is 0.0982. The first kappa shape index (κ1) is 33.6. The molecule has 1 fully saturated rings. The van der Waals surface area contributed by atoms with E-state index in [9.17, 15) is 14.7 Å². The number of thioether (sulfide) groups is 1. The van der Waals surface area contributed by atoms with E-state index in [1.54, 1.807) is 23.1 Å². The number of benzene rings is 4. The van der Waals surface area contributed by atoms with Gasteiger partial charge in [0.15, 0.2) is 10.6 Å². The molecule has 2 heterocycles. The van der Waals surface area contributed by atoms with Crippen LogP contribution >= 0.6 is 23.1 Å². The van der Waals surface area contributed by atoms with E-state index in [1.807, 2.05) is 97.1 Å². The molecule has 4 atom stereocenters. The second-order valence-electron chi connectivity index (χ2n) is 11.4. The predicted octanol–water partition coefficient (Wildman–Crippen LogP) is 6.71. The molecule has 5 aromatic rings. The van der Waals surface area contributed by atoms with Crippen LogP contribution < -0.4 is 10.6 Å². The lowest BCUT2D eigenvalue weighted by Crippen LogP contribution is -2.47. The minimum Gasteiger partial charge on any atom is -0.467 e. The number of aliphatic hydroxyl groups is 1. The van der Waals surface area contributed by atoms with Crippen LogP contribution in [0, 0.1) is 0 Å². The zero-order valence-corrected chi connectivity index (χ0v) is 28.0. The highest BCUT2D eigenvalue weighted by molar-refractivity contribution is 8.01. The van der Waals surface area contributed by atoms with Crippen LogP contribution in [0.4, 0.5) is 4.79 Å². The van der Waals surface area contributed by atoms with Gasteiger partial charge in [0.2, 0.25) is 0 Å². The van der Waals surface area contributed by atoms with Gasteiger partial charge in [0.05, 0.1) is 36.1 Å². The van der Waals surface area contributed by atoms with Crippen LogP contribution in [0.25, 0.3) is 10.2 Å². The summed E-state index contributed by atoms with van der Waals surface area (Å²) in [6.45, 7) is 0.250. The van der Waals surface area contributed by atoms with Gasteiger partial charge >= 0.3 is 12.0 Å². The lowest BCUT2D eigenvalue weighted by Gasteiger charge is -2.36. The van der Waals surface area contributed by atoms with Crippen molar-refractivity contribution in [2.75, 3.05) is 12.9 Å². The normalized spacial score (nSPS) is 18.2. The number of nitrogens with one attached hydrogen (secondary N) is 2. The molecule has 0 bridgehead atoms. The van der Waals surface area contributed by atoms with E-state index in [2.05, 4.69) is 16.7 Å². The first-order chi connectivity index (χ1) is 23.5. The summed E-state index contributed by atoms with van der Waals surface area (Å²) in [6, 6.07) is 31.9. The summed E-state index contributed by atoms with van der Waals surface area (Å²) in [5.74, 6) is 0.212. The van der Waals surface area contributed by atoms with Gasteiger partial charge in [0.25, 0.3) is 0 Å². The number of carbonyl (C=O) groups excluding carboxylic acids is 2. The van der Waals surface area contributed by atoms with Crippen molar-refractivity contribution in [3.8, 4) is 0 Å². The van der Waals surface area contributed by atoms with Gasteiger partial charge in [-0.15, -0.1) is 11.3 Å². The summed E-state index contributed by atoms with van der Waals surface area (Å²) >= 11 is 3.37. The molecule has 9 nitrogen and oxygen atoms in total. The van der Waals surface area contributed by atoms with Crippen molar-refractivity contribution in [3.05, 3.63) is 131 Å². The highest BCUT2D eigenvalue weighted by atomic mass is 32.2. The highest BCUT2D eigenvalue weighted by Crippen LogP contribution is 2.40. The Bertz CT molecular complexity index is 1770. The number of esters is 1. The molecular weight excluding hydrogens is 647 g/mol. The SMILES string of the molecule is COC(=O)[C@H](Cc1ccccc1)NC(=O)NCc1ccc([C@H]2O[C@@H](CSc3nc4ccccc4s3)C[C@@H](c3ccc(CO)cc3)O2)cc1. The highest BCUT2D eigenvalue weighted by Gasteiger charge is 2.32. The smallest absolute Gasteiger partial charge is 0.328 e. The molecule has 0 spiro atoms. The number of rotatable bonds is 12. The molecule has 4 aromatic carbocycles. The van der Waals surface area contributed by atoms with Crippen LogP contribution in [-0.4, -0.2) is 47.1 Å². The first-order valence-corrected chi connectivity index (χ1v) is 17.5. The maximum atomic E-state index is 12.7. The van der Waals surface area contributed by atoms with Gasteiger partial charge in [-0.2, -0.15) is 0 Å². The van der Waals surface area contributed by atoms with Gasteiger partial charge in [0.1, 0.15) is 6.04 Å². The second kappa shape index (κ2) is 16.2. The summed E-state index contributed by atoms with van der Waals surface area (Å²) in [7, 11) is 1.31. The fourth-order valence-electron chi connectivity index (χ4n) is 5.47. The number of thiazole rings is 1. The summed E-state index contributed by atoms with van der Waals surface area (Å²) in [5.41, 5.74) is 5.53. The zero-order chi connectivity index (χ0) is 33.3. The maximum Gasteiger partial charge on any atom is 0.328 e. The minimum atomic E-state index is -0.811. The maximum absolute atomic E-state index is 12.7.